The Bertz CT molecular complexity index is 1010. The minimum Gasteiger partial charge on any atom is -0.382 e. The predicted molar refractivity (Wildman–Crippen MR) is 110 cm³/mol. The SMILES string of the molecule is CCC(C)(O)c1cc([C@@H]2CC[C@@H](C)N(C(=O)c3ccccc3-n3nccn3)C2)no1. The Morgan fingerprint density at radius 3 is 2.73 bits per heavy atom. The molecular formula is C22H27N5O3. The van der Waals surface area contributed by atoms with Gasteiger partial charge in [0.2, 0.25) is 0 Å². The van der Waals surface area contributed by atoms with Crippen molar-refractivity contribution in [2.24, 2.45) is 0 Å². The molecular weight excluding hydrogens is 382 g/mol. The van der Waals surface area contributed by atoms with Crippen molar-refractivity contribution >= 4 is 5.91 Å². The highest BCUT2D eigenvalue weighted by Gasteiger charge is 2.34. The molecule has 1 fully saturated rings. The van der Waals surface area contributed by atoms with Crippen molar-refractivity contribution in [3.63, 3.8) is 0 Å². The standard InChI is InChI=1S/C22H27N5O3/c1-4-22(3,29)20-13-18(25-30-20)16-10-9-15(2)26(14-16)21(28)17-7-5-6-8-19(17)27-23-11-12-24-27/h5-8,11-13,15-16,29H,4,9-10,14H2,1-3H3/t15-,16-,22?/m1/s1. The quantitative estimate of drug-likeness (QED) is 0.695. The monoisotopic (exact) mass is 409 g/mol. The van der Waals surface area contributed by atoms with Crippen molar-refractivity contribution in [2.75, 3.05) is 6.54 Å². The summed E-state index contributed by atoms with van der Waals surface area (Å²) in [5.41, 5.74) is 0.962. The summed E-state index contributed by atoms with van der Waals surface area (Å²) in [4.78, 5) is 16.8. The summed E-state index contributed by atoms with van der Waals surface area (Å²) in [6.07, 6.45) is 5.49. The highest BCUT2D eigenvalue weighted by atomic mass is 16.5. The zero-order valence-electron chi connectivity index (χ0n) is 17.5. The first kappa shape index (κ1) is 20.3. The van der Waals surface area contributed by atoms with Crippen molar-refractivity contribution in [2.45, 2.75) is 57.6 Å². The van der Waals surface area contributed by atoms with Gasteiger partial charge >= 0.3 is 0 Å². The van der Waals surface area contributed by atoms with Crippen molar-refractivity contribution in [3.8, 4) is 5.69 Å². The highest BCUT2D eigenvalue weighted by molar-refractivity contribution is 5.98. The van der Waals surface area contributed by atoms with Gasteiger partial charge in [0.05, 0.1) is 29.3 Å². The number of benzene rings is 1. The molecule has 158 valence electrons. The van der Waals surface area contributed by atoms with Crippen LogP contribution in [0.15, 0.2) is 47.2 Å². The first-order valence-corrected chi connectivity index (χ1v) is 10.4. The minimum absolute atomic E-state index is 0.0515. The maximum Gasteiger partial charge on any atom is 0.256 e. The molecule has 0 saturated carbocycles. The van der Waals surface area contributed by atoms with E-state index in [9.17, 15) is 9.90 Å². The smallest absolute Gasteiger partial charge is 0.256 e. The third kappa shape index (κ3) is 3.75. The van der Waals surface area contributed by atoms with Crippen LogP contribution < -0.4 is 0 Å². The second kappa shape index (κ2) is 8.02. The molecule has 0 bridgehead atoms. The lowest BCUT2D eigenvalue weighted by Gasteiger charge is -2.37. The molecule has 1 amide bonds. The fourth-order valence-electron chi connectivity index (χ4n) is 3.86. The van der Waals surface area contributed by atoms with E-state index >= 15 is 0 Å². The maximum absolute atomic E-state index is 13.5. The third-order valence-corrected chi connectivity index (χ3v) is 6.08. The molecule has 8 nitrogen and oxygen atoms in total. The van der Waals surface area contributed by atoms with Crippen molar-refractivity contribution in [1.82, 2.24) is 25.1 Å². The van der Waals surface area contributed by atoms with E-state index in [2.05, 4.69) is 22.3 Å². The lowest BCUT2D eigenvalue weighted by Crippen LogP contribution is -2.45. The van der Waals surface area contributed by atoms with E-state index in [0.29, 0.717) is 30.0 Å². The summed E-state index contributed by atoms with van der Waals surface area (Å²) in [6.45, 7) is 6.23. The van der Waals surface area contributed by atoms with Gasteiger partial charge in [-0.3, -0.25) is 4.79 Å². The number of carbonyl (C=O) groups excluding carboxylic acids is 1. The van der Waals surface area contributed by atoms with Gasteiger partial charge in [-0.25, -0.2) is 0 Å². The number of rotatable bonds is 5. The normalized spacial score (nSPS) is 21.4. The van der Waals surface area contributed by atoms with E-state index < -0.39 is 5.60 Å². The molecule has 0 spiro atoms. The topological polar surface area (TPSA) is 97.3 Å². The van der Waals surface area contributed by atoms with E-state index in [-0.39, 0.29) is 17.9 Å². The number of hydrogen-bond donors (Lipinski definition) is 1. The van der Waals surface area contributed by atoms with Crippen LogP contribution in [0.25, 0.3) is 5.69 Å². The van der Waals surface area contributed by atoms with Gasteiger partial charge in [-0.05, 0) is 45.2 Å². The molecule has 1 saturated heterocycles. The predicted octanol–water partition coefficient (Wildman–Crippen LogP) is 3.28. The first-order chi connectivity index (χ1) is 14.4. The molecule has 3 aromatic rings. The van der Waals surface area contributed by atoms with Gasteiger partial charge in [-0.2, -0.15) is 15.0 Å². The molecule has 30 heavy (non-hydrogen) atoms. The fraction of sp³-hybridized carbons (Fsp3) is 0.455. The van der Waals surface area contributed by atoms with Crippen LogP contribution in [0.2, 0.25) is 0 Å². The molecule has 3 atom stereocenters. The van der Waals surface area contributed by atoms with Gasteiger partial charge in [-0.15, -0.1) is 0 Å². The van der Waals surface area contributed by atoms with Gasteiger partial charge in [0, 0.05) is 24.6 Å². The van der Waals surface area contributed by atoms with Gasteiger partial charge < -0.3 is 14.5 Å². The number of piperidine rings is 1. The second-order valence-electron chi connectivity index (χ2n) is 8.16. The van der Waals surface area contributed by atoms with Crippen LogP contribution in [0.1, 0.15) is 67.8 Å². The third-order valence-electron chi connectivity index (χ3n) is 6.08. The first-order valence-electron chi connectivity index (χ1n) is 10.4. The van der Waals surface area contributed by atoms with Gasteiger partial charge in [0.15, 0.2) is 5.76 Å². The Hall–Kier alpha value is -3.00. The molecule has 1 N–H and O–H groups in total. The number of likely N-dealkylation sites (tertiary alicyclic amines) is 1. The van der Waals surface area contributed by atoms with Crippen LogP contribution in [0, 0.1) is 0 Å². The van der Waals surface area contributed by atoms with E-state index in [0.717, 1.165) is 18.5 Å². The molecule has 1 aliphatic heterocycles. The zero-order valence-corrected chi connectivity index (χ0v) is 17.5. The van der Waals surface area contributed by atoms with Gasteiger partial charge in [0.25, 0.3) is 5.91 Å². The molecule has 1 aromatic carbocycles. The van der Waals surface area contributed by atoms with Crippen LogP contribution >= 0.6 is 0 Å². The van der Waals surface area contributed by atoms with E-state index in [4.69, 9.17) is 4.52 Å². The van der Waals surface area contributed by atoms with Crippen LogP contribution in [-0.4, -0.2) is 48.7 Å². The summed E-state index contributed by atoms with van der Waals surface area (Å²) in [5, 5.41) is 23.0. The lowest BCUT2D eigenvalue weighted by atomic mass is 9.89. The Morgan fingerprint density at radius 1 is 1.27 bits per heavy atom. The van der Waals surface area contributed by atoms with Gasteiger partial charge in [-0.1, -0.05) is 24.2 Å². The molecule has 1 unspecified atom stereocenters. The lowest BCUT2D eigenvalue weighted by molar-refractivity contribution is 0.0243. The molecule has 2 aromatic heterocycles. The Morgan fingerprint density at radius 2 is 2.00 bits per heavy atom. The second-order valence-corrected chi connectivity index (χ2v) is 8.16. The summed E-state index contributed by atoms with van der Waals surface area (Å²) < 4.78 is 5.43. The largest absolute Gasteiger partial charge is 0.382 e. The molecule has 3 heterocycles. The van der Waals surface area contributed by atoms with Crippen LogP contribution in [-0.2, 0) is 5.60 Å². The maximum atomic E-state index is 13.5. The Balaban J connectivity index is 1.59. The van der Waals surface area contributed by atoms with Crippen LogP contribution in [0.5, 0.6) is 0 Å². The minimum atomic E-state index is -1.04. The van der Waals surface area contributed by atoms with Crippen molar-refractivity contribution in [3.05, 3.63) is 59.7 Å². The van der Waals surface area contributed by atoms with Crippen molar-refractivity contribution in [1.29, 1.82) is 0 Å². The number of aliphatic hydroxyl groups is 1. The summed E-state index contributed by atoms with van der Waals surface area (Å²) in [5.74, 6) is 0.473. The summed E-state index contributed by atoms with van der Waals surface area (Å²) in [6, 6.07) is 9.31. The molecule has 0 radical (unpaired) electrons. The Kier molecular flexibility index (Phi) is 5.42. The average molecular weight is 409 g/mol. The number of amides is 1. The molecule has 1 aliphatic rings. The summed E-state index contributed by atoms with van der Waals surface area (Å²) >= 11 is 0. The van der Waals surface area contributed by atoms with Crippen molar-refractivity contribution < 1.29 is 14.4 Å². The molecule has 4 rings (SSSR count). The van der Waals surface area contributed by atoms with E-state index in [1.54, 1.807) is 19.3 Å². The number of carbonyl (C=O) groups is 1. The van der Waals surface area contributed by atoms with E-state index in [1.165, 1.54) is 4.80 Å². The number of nitrogens with zero attached hydrogens (tertiary/aromatic N) is 5. The average Bonchev–Trinajstić information content (AvgIpc) is 3.46. The van der Waals surface area contributed by atoms with Crippen LogP contribution in [0.4, 0.5) is 0 Å². The number of para-hydroxylation sites is 1. The zero-order chi connectivity index (χ0) is 21.3. The highest BCUT2D eigenvalue weighted by Crippen LogP contribution is 2.33. The van der Waals surface area contributed by atoms with Crippen LogP contribution in [0.3, 0.4) is 0 Å². The number of hydrogen-bond acceptors (Lipinski definition) is 6. The fourth-order valence-corrected chi connectivity index (χ4v) is 3.86. The molecule has 0 aliphatic carbocycles. The Labute approximate surface area is 175 Å². The van der Waals surface area contributed by atoms with E-state index in [1.807, 2.05) is 42.2 Å². The van der Waals surface area contributed by atoms with Gasteiger partial charge in [0.1, 0.15) is 5.60 Å². The molecule has 8 heteroatoms. The number of aromatic nitrogens is 4. The summed E-state index contributed by atoms with van der Waals surface area (Å²) in [7, 11) is 0.